The van der Waals surface area contributed by atoms with Crippen LogP contribution in [0.15, 0.2) is 24.3 Å². The lowest BCUT2D eigenvalue weighted by Crippen LogP contribution is -2.25. The first-order chi connectivity index (χ1) is 9.02. The van der Waals surface area contributed by atoms with Gasteiger partial charge in [-0.2, -0.15) is 13.2 Å². The average molecular weight is 273 g/mol. The third kappa shape index (κ3) is 3.94. The summed E-state index contributed by atoms with van der Waals surface area (Å²) in [5, 5.41) is 12.0. The molecule has 1 aromatic rings. The minimum absolute atomic E-state index is 0.0335. The number of benzene rings is 1. The number of rotatable bonds is 6. The zero-order valence-electron chi connectivity index (χ0n) is 10.6. The molecule has 1 aliphatic carbocycles. The topological polar surface area (TPSA) is 32.3 Å². The molecule has 1 unspecified atom stereocenters. The van der Waals surface area contributed by atoms with Crippen LogP contribution in [0.2, 0.25) is 0 Å². The lowest BCUT2D eigenvalue weighted by molar-refractivity contribution is -0.137. The van der Waals surface area contributed by atoms with Gasteiger partial charge in [-0.05, 0) is 49.4 Å². The molecule has 0 radical (unpaired) electrons. The van der Waals surface area contributed by atoms with E-state index < -0.39 is 11.7 Å². The van der Waals surface area contributed by atoms with E-state index in [9.17, 15) is 13.2 Å². The number of halogens is 3. The summed E-state index contributed by atoms with van der Waals surface area (Å²) in [6.45, 7) is 0.709. The van der Waals surface area contributed by atoms with E-state index in [0.717, 1.165) is 18.9 Å². The first kappa shape index (κ1) is 14.3. The molecule has 0 heterocycles. The molecule has 2 nitrogen and oxygen atoms in total. The second kappa shape index (κ2) is 5.92. The summed E-state index contributed by atoms with van der Waals surface area (Å²) in [6.07, 6.45) is -1.59. The maximum Gasteiger partial charge on any atom is 0.416 e. The largest absolute Gasteiger partial charge is 0.416 e. The summed E-state index contributed by atoms with van der Waals surface area (Å²) in [4.78, 5) is 0. The molecule has 0 aromatic heterocycles. The maximum absolute atomic E-state index is 12.7. The van der Waals surface area contributed by atoms with Gasteiger partial charge < -0.3 is 10.4 Å². The van der Waals surface area contributed by atoms with Crippen LogP contribution < -0.4 is 5.32 Å². The average Bonchev–Trinajstić information content (AvgIpc) is 3.18. The van der Waals surface area contributed by atoms with Crippen LogP contribution in [0.1, 0.15) is 36.4 Å². The van der Waals surface area contributed by atoms with E-state index in [0.29, 0.717) is 24.4 Å². The van der Waals surface area contributed by atoms with Crippen molar-refractivity contribution in [3.8, 4) is 0 Å². The van der Waals surface area contributed by atoms with E-state index in [2.05, 4.69) is 5.32 Å². The molecule has 0 aliphatic heterocycles. The minimum atomic E-state index is -4.30. The molecule has 1 atom stereocenters. The van der Waals surface area contributed by atoms with Crippen molar-refractivity contribution in [2.24, 2.45) is 5.92 Å². The van der Waals surface area contributed by atoms with Crippen molar-refractivity contribution >= 4 is 0 Å². The van der Waals surface area contributed by atoms with Crippen molar-refractivity contribution < 1.29 is 18.3 Å². The van der Waals surface area contributed by atoms with Gasteiger partial charge >= 0.3 is 6.18 Å². The lowest BCUT2D eigenvalue weighted by atomic mass is 10.00. The molecule has 1 fully saturated rings. The maximum atomic E-state index is 12.7. The van der Waals surface area contributed by atoms with Gasteiger partial charge in [-0.25, -0.2) is 0 Å². The third-order valence-corrected chi connectivity index (χ3v) is 3.37. The molecule has 1 saturated carbocycles. The number of hydrogen-bond acceptors (Lipinski definition) is 2. The lowest BCUT2D eigenvalue weighted by Gasteiger charge is -2.20. The fourth-order valence-electron chi connectivity index (χ4n) is 2.23. The van der Waals surface area contributed by atoms with Crippen LogP contribution in [-0.4, -0.2) is 18.3 Å². The van der Waals surface area contributed by atoms with Crippen molar-refractivity contribution in [2.75, 3.05) is 13.2 Å². The number of aliphatic hydroxyl groups is 1. The number of nitrogens with one attached hydrogen (secondary N) is 1. The first-order valence-electron chi connectivity index (χ1n) is 6.54. The highest BCUT2D eigenvalue weighted by atomic mass is 19.4. The zero-order chi connectivity index (χ0) is 13.9. The van der Waals surface area contributed by atoms with Crippen LogP contribution in [0, 0.1) is 5.92 Å². The molecular weight excluding hydrogens is 255 g/mol. The Morgan fingerprint density at radius 1 is 1.32 bits per heavy atom. The van der Waals surface area contributed by atoms with Gasteiger partial charge in [-0.15, -0.1) is 0 Å². The minimum Gasteiger partial charge on any atom is -0.396 e. The molecule has 0 amide bonds. The fraction of sp³-hybridized carbons (Fsp3) is 0.571. The van der Waals surface area contributed by atoms with Crippen LogP contribution in [0.4, 0.5) is 13.2 Å². The summed E-state index contributed by atoms with van der Waals surface area (Å²) in [6, 6.07) is 5.50. The predicted molar refractivity (Wildman–Crippen MR) is 66.6 cm³/mol. The van der Waals surface area contributed by atoms with Crippen LogP contribution in [0.3, 0.4) is 0 Å². The number of alkyl halides is 3. The third-order valence-electron chi connectivity index (χ3n) is 3.37. The van der Waals surface area contributed by atoms with Gasteiger partial charge in [0.1, 0.15) is 0 Å². The van der Waals surface area contributed by atoms with Crippen molar-refractivity contribution in [2.45, 2.75) is 31.5 Å². The summed E-state index contributed by atoms with van der Waals surface area (Å²) < 4.78 is 38.1. The molecule has 0 spiro atoms. The Balaban J connectivity index is 2.12. The molecule has 2 rings (SSSR count). The Bertz CT molecular complexity index is 415. The number of hydrogen-bond donors (Lipinski definition) is 2. The van der Waals surface area contributed by atoms with Crippen LogP contribution in [0.5, 0.6) is 0 Å². The van der Waals surface area contributed by atoms with E-state index in [-0.39, 0.29) is 12.6 Å². The van der Waals surface area contributed by atoms with E-state index >= 15 is 0 Å². The predicted octanol–water partition coefficient (Wildman–Crippen LogP) is 3.13. The quantitative estimate of drug-likeness (QED) is 0.780. The van der Waals surface area contributed by atoms with Crippen molar-refractivity contribution in [1.82, 2.24) is 5.32 Å². The molecule has 0 bridgehead atoms. The molecule has 106 valence electrons. The second-order valence-corrected chi connectivity index (χ2v) is 4.97. The van der Waals surface area contributed by atoms with Crippen LogP contribution in [0.25, 0.3) is 0 Å². The Kier molecular flexibility index (Phi) is 4.47. The van der Waals surface area contributed by atoms with Crippen LogP contribution in [-0.2, 0) is 6.18 Å². The highest BCUT2D eigenvalue weighted by Crippen LogP contribution is 2.42. The van der Waals surface area contributed by atoms with E-state index in [1.54, 1.807) is 6.07 Å². The van der Waals surface area contributed by atoms with Gasteiger partial charge in [0, 0.05) is 12.6 Å². The monoisotopic (exact) mass is 273 g/mol. The van der Waals surface area contributed by atoms with Gasteiger partial charge in [-0.1, -0.05) is 12.1 Å². The van der Waals surface area contributed by atoms with Gasteiger partial charge in [0.05, 0.1) is 5.56 Å². The van der Waals surface area contributed by atoms with E-state index in [1.807, 2.05) is 0 Å². The molecule has 1 aromatic carbocycles. The highest BCUT2D eigenvalue weighted by Gasteiger charge is 2.34. The van der Waals surface area contributed by atoms with Crippen molar-refractivity contribution in [3.05, 3.63) is 35.4 Å². The fourth-order valence-corrected chi connectivity index (χ4v) is 2.23. The van der Waals surface area contributed by atoms with Gasteiger partial charge in [0.2, 0.25) is 0 Å². The van der Waals surface area contributed by atoms with Gasteiger partial charge in [0.15, 0.2) is 0 Å². The Morgan fingerprint density at radius 2 is 2.05 bits per heavy atom. The van der Waals surface area contributed by atoms with E-state index in [4.69, 9.17) is 5.11 Å². The SMILES string of the molecule is OCCCNC(c1cccc(C(F)(F)F)c1)C1CC1. The number of aliphatic hydroxyl groups excluding tert-OH is 1. The normalized spacial score (nSPS) is 17.5. The summed E-state index contributed by atoms with van der Waals surface area (Å²) in [7, 11) is 0. The summed E-state index contributed by atoms with van der Waals surface area (Å²) >= 11 is 0. The summed E-state index contributed by atoms with van der Waals surface area (Å²) in [5.41, 5.74) is 0.0925. The molecule has 19 heavy (non-hydrogen) atoms. The molecule has 1 aliphatic rings. The van der Waals surface area contributed by atoms with Gasteiger partial charge in [-0.3, -0.25) is 0 Å². The van der Waals surface area contributed by atoms with Crippen LogP contribution >= 0.6 is 0 Å². The van der Waals surface area contributed by atoms with Crippen molar-refractivity contribution in [1.29, 1.82) is 0 Å². The molecule has 5 heteroatoms. The Labute approximate surface area is 110 Å². The zero-order valence-corrected chi connectivity index (χ0v) is 10.6. The standard InChI is InChI=1S/C14H18F3NO/c15-14(16,17)12-4-1-3-11(9-12)13(10-5-6-10)18-7-2-8-19/h1,3-4,9-10,13,18-19H,2,5-8H2. The molecular formula is C14H18F3NO. The summed E-state index contributed by atoms with van der Waals surface area (Å²) in [5.74, 6) is 0.419. The Hall–Kier alpha value is -1.07. The second-order valence-electron chi connectivity index (χ2n) is 4.97. The molecule has 0 saturated heterocycles. The van der Waals surface area contributed by atoms with E-state index in [1.165, 1.54) is 12.1 Å². The molecule has 2 N–H and O–H groups in total. The van der Waals surface area contributed by atoms with Gasteiger partial charge in [0.25, 0.3) is 0 Å². The van der Waals surface area contributed by atoms with Crippen molar-refractivity contribution in [3.63, 3.8) is 0 Å². The smallest absolute Gasteiger partial charge is 0.396 e. The highest BCUT2D eigenvalue weighted by molar-refractivity contribution is 5.29. The Morgan fingerprint density at radius 3 is 2.63 bits per heavy atom. The first-order valence-corrected chi connectivity index (χ1v) is 6.54.